The van der Waals surface area contributed by atoms with E-state index in [0.717, 1.165) is 51.7 Å². The predicted molar refractivity (Wildman–Crippen MR) is 133 cm³/mol. The Balaban J connectivity index is 1.16. The number of ether oxygens (including phenoxy) is 1. The summed E-state index contributed by atoms with van der Waals surface area (Å²) in [5.74, 6) is -0.596. The van der Waals surface area contributed by atoms with Crippen LogP contribution in [0.25, 0.3) is 10.9 Å². The fraction of sp³-hybridized carbons (Fsp3) is 0.429. The molecule has 2 aliphatic rings. The number of Topliss-reactive ketones (excluding diaryl/α,β-unsaturated/α-hetero) is 1. The zero-order chi connectivity index (χ0) is 25.2. The second kappa shape index (κ2) is 10.4. The second-order valence-corrected chi connectivity index (χ2v) is 9.95. The molecule has 2 aliphatic heterocycles. The van der Waals surface area contributed by atoms with Gasteiger partial charge in [0.05, 0.1) is 26.7 Å². The van der Waals surface area contributed by atoms with Crippen LogP contribution in [0.4, 0.5) is 8.78 Å². The number of methoxy groups -OCH3 is 1. The number of aromatic amines is 1. The van der Waals surface area contributed by atoms with Crippen molar-refractivity contribution in [1.82, 2.24) is 9.88 Å². The van der Waals surface area contributed by atoms with Crippen LogP contribution in [0.5, 0.6) is 5.75 Å². The smallest absolute Gasteiger partial charge is 0.270 e. The third-order valence-electron chi connectivity index (χ3n) is 7.80. The molecule has 3 aromatic rings. The molecule has 0 bridgehead atoms. The normalized spacial score (nSPS) is 22.2. The van der Waals surface area contributed by atoms with Crippen molar-refractivity contribution in [3.63, 3.8) is 0 Å². The first-order chi connectivity index (χ1) is 17.4. The number of H-pyrrole nitrogens is 1. The van der Waals surface area contributed by atoms with Crippen molar-refractivity contribution >= 4 is 22.6 Å². The van der Waals surface area contributed by atoms with Crippen molar-refractivity contribution in [2.24, 2.45) is 5.92 Å². The summed E-state index contributed by atoms with van der Waals surface area (Å²) in [5, 5.41) is 0.569. The highest BCUT2D eigenvalue weighted by Crippen LogP contribution is 2.31. The minimum absolute atomic E-state index is 0.00685. The molecule has 5 rings (SSSR count). The van der Waals surface area contributed by atoms with Crippen LogP contribution in [0.15, 0.2) is 42.5 Å². The lowest BCUT2D eigenvalue weighted by molar-refractivity contribution is -0.906. The maximum Gasteiger partial charge on any atom is 0.270 e. The summed E-state index contributed by atoms with van der Waals surface area (Å²) in [4.78, 5) is 32.6. The van der Waals surface area contributed by atoms with Crippen molar-refractivity contribution < 1.29 is 28.0 Å². The molecule has 6 nitrogen and oxygen atoms in total. The summed E-state index contributed by atoms with van der Waals surface area (Å²) in [5.41, 5.74) is 1.71. The number of rotatable bonds is 7. The molecular formula is C28H32F2N3O3+. The predicted octanol–water partition coefficient (Wildman–Crippen LogP) is 3.63. The topological polar surface area (TPSA) is 66.8 Å². The summed E-state index contributed by atoms with van der Waals surface area (Å²) in [6.07, 6.45) is 4.51. The molecular weight excluding hydrogens is 464 g/mol. The number of nitrogens with zero attached hydrogens (tertiary/aromatic N) is 1. The van der Waals surface area contributed by atoms with Gasteiger partial charge < -0.3 is 19.5 Å². The summed E-state index contributed by atoms with van der Waals surface area (Å²) < 4.78 is 32.4. The molecule has 3 heterocycles. The molecule has 190 valence electrons. The van der Waals surface area contributed by atoms with Crippen molar-refractivity contribution in [2.45, 2.75) is 38.1 Å². The van der Waals surface area contributed by atoms with Gasteiger partial charge in [0.1, 0.15) is 11.5 Å². The highest BCUT2D eigenvalue weighted by Gasteiger charge is 2.33. The Morgan fingerprint density at radius 3 is 2.56 bits per heavy atom. The first-order valence-electron chi connectivity index (χ1n) is 12.7. The van der Waals surface area contributed by atoms with Gasteiger partial charge in [-0.05, 0) is 55.3 Å². The number of likely N-dealkylation sites (tertiary alicyclic amines) is 2. The number of quaternary nitrogens is 1. The van der Waals surface area contributed by atoms with Gasteiger partial charge in [-0.15, -0.1) is 0 Å². The van der Waals surface area contributed by atoms with Gasteiger partial charge in [-0.2, -0.15) is 0 Å². The minimum Gasteiger partial charge on any atom is -0.493 e. The number of benzene rings is 2. The van der Waals surface area contributed by atoms with Crippen LogP contribution in [0.1, 0.15) is 53.0 Å². The number of hydrogen-bond donors (Lipinski definition) is 2. The number of aromatic nitrogens is 1. The molecule has 0 radical (unpaired) electrons. The quantitative estimate of drug-likeness (QED) is 0.491. The highest BCUT2D eigenvalue weighted by molar-refractivity contribution is 6.00. The van der Waals surface area contributed by atoms with Crippen molar-refractivity contribution in [3.8, 4) is 5.75 Å². The third-order valence-corrected chi connectivity index (χ3v) is 7.80. The van der Waals surface area contributed by atoms with Gasteiger partial charge in [-0.3, -0.25) is 9.59 Å². The van der Waals surface area contributed by atoms with Gasteiger partial charge in [-0.25, -0.2) is 8.78 Å². The molecule has 2 fully saturated rings. The van der Waals surface area contributed by atoms with Crippen molar-refractivity contribution in [2.75, 3.05) is 33.3 Å². The Hall–Kier alpha value is -3.26. The van der Waals surface area contributed by atoms with Gasteiger partial charge in [0.2, 0.25) is 0 Å². The fourth-order valence-electron chi connectivity index (χ4n) is 5.79. The fourth-order valence-corrected chi connectivity index (χ4v) is 5.79. The molecule has 2 N–H and O–H groups in total. The standard InChI is InChI=1S/C28H31F2N3O3/c1-36-27-22-17-25(31-24(22)9-8-23(27)30)28(35)33-13-2-3-21(33)12-16-32-14-10-19(11-15-32)26(34)18-4-6-20(29)7-5-18/h4-9,17,19,21,31H,2-3,10-16H2,1H3/p+1/t21-/m0/s1. The minimum atomic E-state index is -0.451. The lowest BCUT2D eigenvalue weighted by atomic mass is 9.88. The zero-order valence-electron chi connectivity index (χ0n) is 20.5. The number of carbonyl (C=O) groups excluding carboxylic acids is 2. The number of hydrogen-bond acceptors (Lipinski definition) is 3. The molecule has 1 amide bonds. The van der Waals surface area contributed by atoms with E-state index in [1.54, 1.807) is 24.3 Å². The van der Waals surface area contributed by atoms with Crippen LogP contribution in [0.3, 0.4) is 0 Å². The Bertz CT molecular complexity index is 1250. The largest absolute Gasteiger partial charge is 0.493 e. The van der Waals surface area contributed by atoms with E-state index in [2.05, 4.69) is 4.98 Å². The first-order valence-corrected chi connectivity index (χ1v) is 12.7. The SMILES string of the molecule is COc1c(F)ccc2[nH]c(C(=O)N3CCC[C@H]3CC[NH+]3CCC(C(=O)c4ccc(F)cc4)CC3)cc12. The molecule has 1 atom stereocenters. The average molecular weight is 497 g/mol. The van der Waals surface area contributed by atoms with E-state index in [-0.39, 0.29) is 35.2 Å². The summed E-state index contributed by atoms with van der Waals surface area (Å²) >= 11 is 0. The van der Waals surface area contributed by atoms with Gasteiger partial charge in [0, 0.05) is 54.2 Å². The molecule has 2 saturated heterocycles. The van der Waals surface area contributed by atoms with E-state index in [4.69, 9.17) is 4.74 Å². The maximum absolute atomic E-state index is 14.1. The number of piperidine rings is 1. The number of fused-ring (bicyclic) bond motifs is 1. The zero-order valence-corrected chi connectivity index (χ0v) is 20.5. The van der Waals surface area contributed by atoms with Crippen molar-refractivity contribution in [3.05, 3.63) is 65.4 Å². The number of ketones is 1. The number of nitrogens with one attached hydrogen (secondary N) is 2. The van der Waals surface area contributed by atoms with Gasteiger partial charge in [-0.1, -0.05) is 0 Å². The number of halogens is 2. The monoisotopic (exact) mass is 496 g/mol. The van der Waals surface area contributed by atoms with E-state index in [1.165, 1.54) is 30.2 Å². The molecule has 8 heteroatoms. The van der Waals surface area contributed by atoms with Gasteiger partial charge >= 0.3 is 0 Å². The molecule has 0 saturated carbocycles. The van der Waals surface area contributed by atoms with E-state index in [9.17, 15) is 18.4 Å². The summed E-state index contributed by atoms with van der Waals surface area (Å²) in [7, 11) is 1.42. The van der Waals surface area contributed by atoms with Crippen LogP contribution in [0.2, 0.25) is 0 Å². The lowest BCUT2D eigenvalue weighted by Crippen LogP contribution is -3.13. The molecule has 36 heavy (non-hydrogen) atoms. The molecule has 1 aromatic heterocycles. The molecule has 0 unspecified atom stereocenters. The van der Waals surface area contributed by atoms with Crippen LogP contribution in [-0.2, 0) is 0 Å². The first kappa shape index (κ1) is 24.4. The maximum atomic E-state index is 14.1. The second-order valence-electron chi connectivity index (χ2n) is 9.95. The molecule has 2 aromatic carbocycles. The Morgan fingerprint density at radius 1 is 1.08 bits per heavy atom. The molecule has 0 aliphatic carbocycles. The average Bonchev–Trinajstić information content (AvgIpc) is 3.55. The lowest BCUT2D eigenvalue weighted by Gasteiger charge is -2.31. The molecule has 0 spiro atoms. The highest BCUT2D eigenvalue weighted by atomic mass is 19.1. The summed E-state index contributed by atoms with van der Waals surface area (Å²) in [6.45, 7) is 3.52. The van der Waals surface area contributed by atoms with E-state index >= 15 is 0 Å². The Morgan fingerprint density at radius 2 is 1.83 bits per heavy atom. The van der Waals surface area contributed by atoms with Crippen LogP contribution in [-0.4, -0.2) is 60.9 Å². The number of amides is 1. The third kappa shape index (κ3) is 4.87. The van der Waals surface area contributed by atoms with Gasteiger partial charge in [0.25, 0.3) is 5.91 Å². The van der Waals surface area contributed by atoms with Crippen LogP contribution >= 0.6 is 0 Å². The van der Waals surface area contributed by atoms with Crippen molar-refractivity contribution in [1.29, 1.82) is 0 Å². The van der Waals surface area contributed by atoms with E-state index in [1.807, 2.05) is 4.90 Å². The van der Waals surface area contributed by atoms with Gasteiger partial charge in [0.15, 0.2) is 17.3 Å². The Labute approximate surface area is 209 Å². The number of carbonyl (C=O) groups is 2. The van der Waals surface area contributed by atoms with E-state index < -0.39 is 5.82 Å². The van der Waals surface area contributed by atoms with E-state index in [0.29, 0.717) is 28.7 Å². The Kier molecular flexibility index (Phi) is 7.05. The van der Waals surface area contributed by atoms with Crippen LogP contribution in [0, 0.1) is 17.6 Å². The summed E-state index contributed by atoms with van der Waals surface area (Å²) in [6, 6.07) is 10.6. The van der Waals surface area contributed by atoms with Crippen LogP contribution < -0.4 is 9.64 Å².